The van der Waals surface area contributed by atoms with Crippen molar-refractivity contribution in [3.63, 3.8) is 0 Å². The lowest BCUT2D eigenvalue weighted by Crippen LogP contribution is -2.17. The highest BCUT2D eigenvalue weighted by Crippen LogP contribution is 2.53. The van der Waals surface area contributed by atoms with E-state index in [-0.39, 0.29) is 13.1 Å². The van der Waals surface area contributed by atoms with E-state index in [1.165, 1.54) is 11.1 Å². The highest BCUT2D eigenvalue weighted by molar-refractivity contribution is 6.17. The summed E-state index contributed by atoms with van der Waals surface area (Å²) >= 11 is 0. The van der Waals surface area contributed by atoms with Gasteiger partial charge in [0, 0.05) is 21.8 Å². The van der Waals surface area contributed by atoms with Crippen LogP contribution >= 0.6 is 0 Å². The Balaban J connectivity index is 1.86. The average Bonchev–Trinajstić information content (AvgIpc) is 3.08. The molecule has 0 radical (unpaired) electrons. The van der Waals surface area contributed by atoms with Crippen LogP contribution in [0.15, 0.2) is 59.0 Å². The van der Waals surface area contributed by atoms with Crippen LogP contribution in [0.3, 0.4) is 0 Å². The third kappa shape index (κ3) is 1.86. The van der Waals surface area contributed by atoms with E-state index in [2.05, 4.69) is 38.1 Å². The smallest absolute Gasteiger partial charge is 0.504 e. The molecule has 25 heavy (non-hydrogen) atoms. The summed E-state index contributed by atoms with van der Waals surface area (Å²) in [6, 6.07) is 18.5. The maximum absolute atomic E-state index is 9.24. The maximum atomic E-state index is 9.24. The summed E-state index contributed by atoms with van der Waals surface area (Å²) in [5.41, 5.74) is 6.31. The molecule has 0 atom stereocenters. The summed E-state index contributed by atoms with van der Waals surface area (Å²) < 4.78 is 11.6. The van der Waals surface area contributed by atoms with Crippen molar-refractivity contribution in [3.05, 3.63) is 65.7 Å². The van der Waals surface area contributed by atoms with Crippen LogP contribution < -0.4 is 4.65 Å². The zero-order valence-electron chi connectivity index (χ0n) is 14.2. The van der Waals surface area contributed by atoms with Crippen molar-refractivity contribution >= 4 is 29.6 Å². The fraction of sp³-hybridized carbons (Fsp3) is 0.143. The van der Waals surface area contributed by atoms with Crippen molar-refractivity contribution in [1.29, 1.82) is 0 Å². The Kier molecular flexibility index (Phi) is 2.86. The molecule has 1 N–H and O–H groups in total. The molecule has 4 aromatic rings. The van der Waals surface area contributed by atoms with Crippen LogP contribution in [-0.2, 0) is 5.41 Å². The fourth-order valence-electron chi connectivity index (χ4n) is 4.24. The van der Waals surface area contributed by atoms with E-state index in [0.29, 0.717) is 0 Å². The number of benzene rings is 3. The van der Waals surface area contributed by atoms with E-state index in [1.54, 1.807) is 0 Å². The zero-order valence-corrected chi connectivity index (χ0v) is 14.2. The second kappa shape index (κ2) is 4.90. The Morgan fingerprint density at radius 3 is 2.60 bits per heavy atom. The maximum Gasteiger partial charge on any atom is 0.504 e. The van der Waals surface area contributed by atoms with E-state index in [9.17, 15) is 5.02 Å². The van der Waals surface area contributed by atoms with E-state index in [1.807, 2.05) is 30.3 Å². The zero-order chi connectivity index (χ0) is 17.2. The molecule has 0 saturated heterocycles. The van der Waals surface area contributed by atoms with Crippen LogP contribution in [0.5, 0.6) is 5.75 Å². The Labute approximate surface area is 146 Å². The lowest BCUT2D eigenvalue weighted by Gasteiger charge is -2.24. The van der Waals surface area contributed by atoms with E-state index in [0.717, 1.165) is 38.8 Å². The molecule has 1 aliphatic rings. The highest BCUT2D eigenvalue weighted by Gasteiger charge is 2.38. The van der Waals surface area contributed by atoms with Crippen LogP contribution in [0.4, 0.5) is 0 Å². The molecule has 1 heterocycles. The molecular formula is C21H17BO3. The van der Waals surface area contributed by atoms with Gasteiger partial charge in [0.15, 0.2) is 0 Å². The summed E-state index contributed by atoms with van der Waals surface area (Å²) in [5, 5.41) is 11.5. The number of para-hydroxylation sites is 1. The van der Waals surface area contributed by atoms with Gasteiger partial charge in [0.25, 0.3) is 0 Å². The summed E-state index contributed by atoms with van der Waals surface area (Å²) in [4.78, 5) is 0. The van der Waals surface area contributed by atoms with Gasteiger partial charge >= 0.3 is 7.69 Å². The minimum absolute atomic E-state index is 0.205. The van der Waals surface area contributed by atoms with Gasteiger partial charge in [-0.1, -0.05) is 44.2 Å². The molecular weight excluding hydrogens is 311 g/mol. The second-order valence-corrected chi connectivity index (χ2v) is 7.07. The number of hydrogen-bond acceptors (Lipinski definition) is 3. The van der Waals surface area contributed by atoms with Gasteiger partial charge < -0.3 is 14.1 Å². The van der Waals surface area contributed by atoms with Crippen molar-refractivity contribution in [3.8, 4) is 16.9 Å². The largest absolute Gasteiger partial charge is 0.539 e. The highest BCUT2D eigenvalue weighted by atomic mass is 16.5. The minimum Gasteiger partial charge on any atom is -0.539 e. The number of rotatable bonds is 2. The van der Waals surface area contributed by atoms with Crippen LogP contribution in [0, 0.1) is 0 Å². The van der Waals surface area contributed by atoms with Crippen molar-refractivity contribution < 1.29 is 14.1 Å². The van der Waals surface area contributed by atoms with Crippen molar-refractivity contribution in [2.45, 2.75) is 19.3 Å². The molecule has 0 saturated carbocycles. The van der Waals surface area contributed by atoms with Gasteiger partial charge in [-0.05, 0) is 41.0 Å². The van der Waals surface area contributed by atoms with Gasteiger partial charge in [-0.2, -0.15) is 0 Å². The molecule has 3 aromatic carbocycles. The van der Waals surface area contributed by atoms with Crippen molar-refractivity contribution in [2.24, 2.45) is 0 Å². The summed E-state index contributed by atoms with van der Waals surface area (Å²) in [7, 11) is -0.324. The first-order valence-corrected chi connectivity index (χ1v) is 8.44. The lowest BCUT2D eigenvalue weighted by molar-refractivity contribution is 0.445. The molecule has 0 amide bonds. The predicted molar refractivity (Wildman–Crippen MR) is 101 cm³/mol. The first-order chi connectivity index (χ1) is 12.1. The molecule has 0 aliphatic heterocycles. The van der Waals surface area contributed by atoms with Crippen LogP contribution in [0.25, 0.3) is 33.1 Å². The minimum atomic E-state index is -0.324. The van der Waals surface area contributed by atoms with Crippen molar-refractivity contribution in [1.82, 2.24) is 0 Å². The average molecular weight is 328 g/mol. The van der Waals surface area contributed by atoms with Crippen LogP contribution in [-0.4, -0.2) is 12.7 Å². The summed E-state index contributed by atoms with van der Waals surface area (Å²) in [5.74, 6) is 0.739. The predicted octanol–water partition coefficient (Wildman–Crippen LogP) is 4.53. The second-order valence-electron chi connectivity index (χ2n) is 7.07. The Morgan fingerprint density at radius 2 is 1.76 bits per heavy atom. The molecule has 4 heteroatoms. The Hall–Kier alpha value is -2.72. The molecule has 0 spiro atoms. The monoisotopic (exact) mass is 328 g/mol. The number of hydrogen-bond donors (Lipinski definition) is 1. The van der Waals surface area contributed by atoms with Crippen LogP contribution in [0.1, 0.15) is 25.0 Å². The van der Waals surface area contributed by atoms with Gasteiger partial charge in [0.1, 0.15) is 16.9 Å². The van der Waals surface area contributed by atoms with E-state index in [4.69, 9.17) is 9.07 Å². The Bertz CT molecular complexity index is 1140. The van der Waals surface area contributed by atoms with Gasteiger partial charge in [-0.25, -0.2) is 0 Å². The van der Waals surface area contributed by atoms with Gasteiger partial charge in [-0.3, -0.25) is 0 Å². The van der Waals surface area contributed by atoms with Crippen molar-refractivity contribution in [2.75, 3.05) is 0 Å². The summed E-state index contributed by atoms with van der Waals surface area (Å²) in [6.45, 7) is 4.41. The molecule has 1 aromatic heterocycles. The third-order valence-electron chi connectivity index (χ3n) is 5.35. The van der Waals surface area contributed by atoms with Gasteiger partial charge in [0.05, 0.1) is 0 Å². The molecule has 1 aliphatic carbocycles. The molecule has 0 bridgehead atoms. The van der Waals surface area contributed by atoms with Gasteiger partial charge in [0.2, 0.25) is 0 Å². The topological polar surface area (TPSA) is 42.6 Å². The molecule has 3 nitrogen and oxygen atoms in total. The standard InChI is InChI=1S/C21H17BO3/c1-21(2)16-10-15-12-6-3-4-8-17(12)24-19(15)11-14(16)13-7-5-9-18(20(13)21)25-22-23/h3-11,22-23H,1-2H3. The van der Waals surface area contributed by atoms with E-state index < -0.39 is 0 Å². The van der Waals surface area contributed by atoms with E-state index >= 15 is 0 Å². The quantitative estimate of drug-likeness (QED) is 0.550. The first-order valence-electron chi connectivity index (χ1n) is 8.44. The van der Waals surface area contributed by atoms with Crippen LogP contribution in [0.2, 0.25) is 0 Å². The van der Waals surface area contributed by atoms with Gasteiger partial charge in [-0.15, -0.1) is 0 Å². The fourth-order valence-corrected chi connectivity index (χ4v) is 4.24. The normalized spacial score (nSPS) is 14.5. The third-order valence-corrected chi connectivity index (χ3v) is 5.35. The molecule has 0 unspecified atom stereocenters. The summed E-state index contributed by atoms with van der Waals surface area (Å²) in [6.07, 6.45) is 0. The molecule has 5 rings (SSSR count). The molecule has 122 valence electrons. The molecule has 0 fully saturated rings. The SMILES string of the molecule is CC1(C)c2cc3c(cc2-c2cccc(OBO)c21)oc1ccccc13. The lowest BCUT2D eigenvalue weighted by atomic mass is 9.81. The Morgan fingerprint density at radius 1 is 0.920 bits per heavy atom. The number of fused-ring (bicyclic) bond motifs is 6. The number of furan rings is 1. The first kappa shape index (κ1) is 14.6.